The number of nitrogens with one attached hydrogen (secondary N) is 1. The summed E-state index contributed by atoms with van der Waals surface area (Å²) in [6.45, 7) is 0.680. The fourth-order valence-corrected chi connectivity index (χ4v) is 1.47. The lowest BCUT2D eigenvalue weighted by Gasteiger charge is -2.07. The highest BCUT2D eigenvalue weighted by molar-refractivity contribution is 5.87. The number of hydrogen-bond acceptors (Lipinski definition) is 3. The predicted molar refractivity (Wildman–Crippen MR) is 64.6 cm³/mol. The Balaban J connectivity index is 1.74. The lowest BCUT2D eigenvalue weighted by atomic mass is 10.2. The van der Waals surface area contributed by atoms with Gasteiger partial charge in [-0.1, -0.05) is 0 Å². The number of benzene rings is 1. The number of aromatic carboxylic acids is 1. The topological polar surface area (TPSA) is 75.6 Å². The Morgan fingerprint density at radius 1 is 1.28 bits per heavy atom. The van der Waals surface area contributed by atoms with Crippen molar-refractivity contribution in [3.8, 4) is 5.75 Å². The van der Waals surface area contributed by atoms with Crippen LogP contribution in [0.15, 0.2) is 24.3 Å². The zero-order valence-corrected chi connectivity index (χ0v) is 9.89. The molecule has 96 valence electrons. The summed E-state index contributed by atoms with van der Waals surface area (Å²) in [5.41, 5.74) is 0.195. The van der Waals surface area contributed by atoms with Crippen molar-refractivity contribution in [2.75, 3.05) is 13.2 Å². The highest BCUT2D eigenvalue weighted by atomic mass is 16.5. The molecule has 2 rings (SSSR count). The molecule has 0 spiro atoms. The van der Waals surface area contributed by atoms with Crippen molar-refractivity contribution in [1.82, 2.24) is 5.32 Å². The largest absolute Gasteiger partial charge is 0.484 e. The smallest absolute Gasteiger partial charge is 0.335 e. The molecule has 5 heteroatoms. The second-order valence-corrected chi connectivity index (χ2v) is 4.37. The van der Waals surface area contributed by atoms with Crippen molar-refractivity contribution in [3.63, 3.8) is 0 Å². The Kier molecular flexibility index (Phi) is 3.82. The number of rotatable bonds is 6. The molecule has 0 saturated heterocycles. The quantitative estimate of drug-likeness (QED) is 0.796. The zero-order chi connectivity index (χ0) is 13.0. The number of carbonyl (C=O) groups is 2. The molecule has 1 aliphatic rings. The molecule has 0 unspecified atom stereocenters. The van der Waals surface area contributed by atoms with Gasteiger partial charge in [0.2, 0.25) is 0 Å². The normalized spacial score (nSPS) is 14.0. The van der Waals surface area contributed by atoms with Crippen LogP contribution in [0.2, 0.25) is 0 Å². The van der Waals surface area contributed by atoms with Crippen LogP contribution in [0.5, 0.6) is 5.75 Å². The van der Waals surface area contributed by atoms with Gasteiger partial charge in [-0.05, 0) is 43.0 Å². The number of carboxylic acids is 1. The molecule has 0 aromatic heterocycles. The van der Waals surface area contributed by atoms with Crippen molar-refractivity contribution in [2.24, 2.45) is 5.92 Å². The maximum Gasteiger partial charge on any atom is 0.335 e. The Labute approximate surface area is 105 Å². The average molecular weight is 249 g/mol. The van der Waals surface area contributed by atoms with Gasteiger partial charge in [-0.2, -0.15) is 0 Å². The van der Waals surface area contributed by atoms with Crippen LogP contribution in [0.3, 0.4) is 0 Å². The highest BCUT2D eigenvalue weighted by Gasteiger charge is 2.21. The van der Waals surface area contributed by atoms with Crippen LogP contribution < -0.4 is 10.1 Å². The van der Waals surface area contributed by atoms with Gasteiger partial charge in [-0.25, -0.2) is 4.79 Å². The second kappa shape index (κ2) is 5.53. The van der Waals surface area contributed by atoms with Gasteiger partial charge in [0, 0.05) is 6.54 Å². The van der Waals surface area contributed by atoms with E-state index in [-0.39, 0.29) is 18.1 Å². The second-order valence-electron chi connectivity index (χ2n) is 4.37. The van der Waals surface area contributed by atoms with Gasteiger partial charge in [0.1, 0.15) is 5.75 Å². The summed E-state index contributed by atoms with van der Waals surface area (Å²) < 4.78 is 5.25. The molecule has 0 radical (unpaired) electrons. The van der Waals surface area contributed by atoms with Gasteiger partial charge in [-0.3, -0.25) is 4.79 Å². The molecule has 1 amide bonds. The van der Waals surface area contributed by atoms with E-state index in [0.29, 0.717) is 11.7 Å². The molecule has 0 heterocycles. The van der Waals surface area contributed by atoms with Crippen LogP contribution in [0.25, 0.3) is 0 Å². The number of hydrogen-bond donors (Lipinski definition) is 2. The monoisotopic (exact) mass is 249 g/mol. The van der Waals surface area contributed by atoms with Gasteiger partial charge < -0.3 is 15.2 Å². The van der Waals surface area contributed by atoms with Crippen LogP contribution >= 0.6 is 0 Å². The van der Waals surface area contributed by atoms with Gasteiger partial charge in [-0.15, -0.1) is 0 Å². The van der Waals surface area contributed by atoms with E-state index >= 15 is 0 Å². The maximum atomic E-state index is 11.4. The van der Waals surface area contributed by atoms with Crippen molar-refractivity contribution in [2.45, 2.75) is 12.8 Å². The number of carbonyl (C=O) groups excluding carboxylic acids is 1. The first-order valence-electron chi connectivity index (χ1n) is 5.88. The first-order valence-corrected chi connectivity index (χ1v) is 5.88. The zero-order valence-electron chi connectivity index (χ0n) is 9.89. The summed E-state index contributed by atoms with van der Waals surface area (Å²) in [4.78, 5) is 22.0. The number of ether oxygens (including phenoxy) is 1. The molecule has 0 atom stereocenters. The highest BCUT2D eigenvalue weighted by Crippen LogP contribution is 2.27. The van der Waals surface area contributed by atoms with E-state index in [0.717, 1.165) is 6.54 Å². The molecule has 0 bridgehead atoms. The predicted octanol–water partition coefficient (Wildman–Crippen LogP) is 1.29. The Bertz CT molecular complexity index is 437. The fraction of sp³-hybridized carbons (Fsp3) is 0.385. The van der Waals surface area contributed by atoms with E-state index in [4.69, 9.17) is 9.84 Å². The summed E-state index contributed by atoms with van der Waals surface area (Å²) in [6.07, 6.45) is 2.38. The fourth-order valence-electron chi connectivity index (χ4n) is 1.47. The molecule has 0 aliphatic heterocycles. The molecule has 1 aromatic rings. The van der Waals surface area contributed by atoms with E-state index < -0.39 is 5.97 Å². The SMILES string of the molecule is O=C(COc1ccc(C(=O)O)cc1)NCC1CC1. The van der Waals surface area contributed by atoms with Gasteiger partial charge in [0.25, 0.3) is 5.91 Å². The van der Waals surface area contributed by atoms with Crippen LogP contribution in [0.1, 0.15) is 23.2 Å². The maximum absolute atomic E-state index is 11.4. The Morgan fingerprint density at radius 2 is 1.94 bits per heavy atom. The van der Waals surface area contributed by atoms with Gasteiger partial charge in [0.05, 0.1) is 5.56 Å². The lowest BCUT2D eigenvalue weighted by molar-refractivity contribution is -0.123. The molecule has 5 nitrogen and oxygen atoms in total. The third kappa shape index (κ3) is 3.76. The molecule has 18 heavy (non-hydrogen) atoms. The van der Waals surface area contributed by atoms with Gasteiger partial charge >= 0.3 is 5.97 Å². The van der Waals surface area contributed by atoms with Crippen LogP contribution in [0, 0.1) is 5.92 Å². The van der Waals surface area contributed by atoms with E-state index in [2.05, 4.69) is 5.32 Å². The molecular formula is C13H15NO4. The molecule has 1 aliphatic carbocycles. The van der Waals surface area contributed by atoms with Crippen molar-refractivity contribution >= 4 is 11.9 Å². The van der Waals surface area contributed by atoms with Gasteiger partial charge in [0.15, 0.2) is 6.61 Å². The summed E-state index contributed by atoms with van der Waals surface area (Å²) in [7, 11) is 0. The van der Waals surface area contributed by atoms with E-state index in [1.165, 1.54) is 37.1 Å². The van der Waals surface area contributed by atoms with E-state index in [1.807, 2.05) is 0 Å². The molecule has 1 fully saturated rings. The molecule has 2 N–H and O–H groups in total. The summed E-state index contributed by atoms with van der Waals surface area (Å²) in [6, 6.07) is 5.97. The molecule has 1 aromatic carbocycles. The minimum Gasteiger partial charge on any atom is -0.484 e. The lowest BCUT2D eigenvalue weighted by Crippen LogP contribution is -2.30. The first kappa shape index (κ1) is 12.4. The summed E-state index contributed by atoms with van der Waals surface area (Å²) >= 11 is 0. The standard InChI is InChI=1S/C13H15NO4/c15-12(14-7-9-1-2-9)8-18-11-5-3-10(4-6-11)13(16)17/h3-6,9H,1-2,7-8H2,(H,14,15)(H,16,17). The average Bonchev–Trinajstić information content (AvgIpc) is 3.18. The van der Waals surface area contributed by atoms with Crippen LogP contribution in [-0.2, 0) is 4.79 Å². The minimum absolute atomic E-state index is 0.0425. The van der Waals surface area contributed by atoms with Crippen molar-refractivity contribution in [3.05, 3.63) is 29.8 Å². The summed E-state index contributed by atoms with van der Waals surface area (Å²) in [5, 5.41) is 11.5. The number of carboxylic acid groups (broad SMARTS) is 1. The van der Waals surface area contributed by atoms with Crippen molar-refractivity contribution < 1.29 is 19.4 Å². The third-order valence-corrected chi connectivity index (χ3v) is 2.76. The van der Waals surface area contributed by atoms with E-state index in [1.54, 1.807) is 0 Å². The van der Waals surface area contributed by atoms with E-state index in [9.17, 15) is 9.59 Å². The summed E-state index contributed by atoms with van der Waals surface area (Å²) in [5.74, 6) is -0.00157. The Hall–Kier alpha value is -2.04. The third-order valence-electron chi connectivity index (χ3n) is 2.76. The van der Waals surface area contributed by atoms with Crippen LogP contribution in [0.4, 0.5) is 0 Å². The number of amides is 1. The molecule has 1 saturated carbocycles. The molecular weight excluding hydrogens is 234 g/mol. The van der Waals surface area contributed by atoms with Crippen molar-refractivity contribution in [1.29, 1.82) is 0 Å². The van der Waals surface area contributed by atoms with Crippen LogP contribution in [-0.4, -0.2) is 30.1 Å². The Morgan fingerprint density at radius 3 is 2.50 bits per heavy atom. The first-order chi connectivity index (χ1) is 8.65. The minimum atomic E-state index is -0.983.